The van der Waals surface area contributed by atoms with E-state index in [0.29, 0.717) is 5.75 Å². The van der Waals surface area contributed by atoms with Crippen molar-refractivity contribution in [3.8, 4) is 0 Å². The Hall–Kier alpha value is -1.69. The van der Waals surface area contributed by atoms with E-state index in [1.807, 2.05) is 36.6 Å². The Bertz CT molecular complexity index is 395. The van der Waals surface area contributed by atoms with E-state index in [-0.39, 0.29) is 11.7 Å². The van der Waals surface area contributed by atoms with Crippen molar-refractivity contribution in [2.75, 3.05) is 12.0 Å². The monoisotopic (exact) mass is 253 g/mol. The molecule has 0 spiro atoms. The van der Waals surface area contributed by atoms with E-state index in [2.05, 4.69) is 10.5 Å². The Balaban J connectivity index is 2.86. The first-order valence-corrected chi connectivity index (χ1v) is 6.39. The van der Waals surface area contributed by atoms with Crippen LogP contribution in [-0.2, 0) is 4.79 Å². The van der Waals surface area contributed by atoms with Crippen LogP contribution in [0.15, 0.2) is 35.5 Å². The maximum absolute atomic E-state index is 11.5. The van der Waals surface area contributed by atoms with Crippen LogP contribution in [0.25, 0.3) is 0 Å². The summed E-state index contributed by atoms with van der Waals surface area (Å²) in [5.74, 6) is 0.144. The summed E-state index contributed by atoms with van der Waals surface area (Å²) in [6.45, 7) is 0. The highest BCUT2D eigenvalue weighted by Crippen LogP contribution is 2.12. The van der Waals surface area contributed by atoms with Crippen LogP contribution < -0.4 is 11.1 Å². The third-order valence-corrected chi connectivity index (χ3v) is 2.68. The Morgan fingerprint density at radius 3 is 2.71 bits per heavy atom. The summed E-state index contributed by atoms with van der Waals surface area (Å²) >= 11 is 1.41. The summed E-state index contributed by atoms with van der Waals surface area (Å²) in [5.41, 5.74) is 6.35. The van der Waals surface area contributed by atoms with Crippen LogP contribution in [0, 0.1) is 0 Å². The molecule has 0 fully saturated rings. The van der Waals surface area contributed by atoms with Crippen molar-refractivity contribution in [2.45, 2.75) is 6.04 Å². The summed E-state index contributed by atoms with van der Waals surface area (Å²) < 4.78 is 0. The molecule has 4 N–H and O–H groups in total. The number of hydrogen-bond donors (Lipinski definition) is 3. The van der Waals surface area contributed by atoms with Gasteiger partial charge in [-0.15, -0.1) is 0 Å². The fourth-order valence-electron chi connectivity index (χ4n) is 1.37. The second-order valence-electron chi connectivity index (χ2n) is 3.37. The normalized spacial score (nSPS) is 13.1. The smallest absolute Gasteiger partial charge is 0.230 e. The minimum Gasteiger partial charge on any atom is -0.409 e. The number of nitrogens with one attached hydrogen (secondary N) is 1. The quantitative estimate of drug-likeness (QED) is 0.315. The predicted molar refractivity (Wildman–Crippen MR) is 69.1 cm³/mol. The molecular formula is C11H15N3O2S. The minimum absolute atomic E-state index is 0.0364. The largest absolute Gasteiger partial charge is 0.409 e. The first-order chi connectivity index (χ1) is 8.19. The van der Waals surface area contributed by atoms with E-state index in [4.69, 9.17) is 10.9 Å². The van der Waals surface area contributed by atoms with Gasteiger partial charge in [0, 0.05) is 0 Å². The lowest BCUT2D eigenvalue weighted by Crippen LogP contribution is -2.38. The molecule has 1 aromatic carbocycles. The molecule has 1 unspecified atom stereocenters. The number of amidine groups is 1. The van der Waals surface area contributed by atoms with Crippen molar-refractivity contribution in [3.63, 3.8) is 0 Å². The van der Waals surface area contributed by atoms with Crippen LogP contribution in [0.4, 0.5) is 0 Å². The molecule has 1 amide bonds. The highest BCUT2D eigenvalue weighted by molar-refractivity contribution is 7.99. The Morgan fingerprint density at radius 1 is 1.53 bits per heavy atom. The van der Waals surface area contributed by atoms with Gasteiger partial charge in [0.25, 0.3) is 0 Å². The number of benzene rings is 1. The van der Waals surface area contributed by atoms with Crippen LogP contribution in [0.5, 0.6) is 0 Å². The van der Waals surface area contributed by atoms with Crippen molar-refractivity contribution in [3.05, 3.63) is 35.9 Å². The first kappa shape index (κ1) is 13.4. The third kappa shape index (κ3) is 3.99. The molecule has 0 saturated carbocycles. The molecule has 0 aliphatic rings. The van der Waals surface area contributed by atoms with Gasteiger partial charge in [0.1, 0.15) is 6.04 Å². The average Bonchev–Trinajstić information content (AvgIpc) is 2.36. The summed E-state index contributed by atoms with van der Waals surface area (Å²) in [6.07, 6.45) is 1.83. The van der Waals surface area contributed by atoms with E-state index in [9.17, 15) is 4.79 Å². The van der Waals surface area contributed by atoms with Crippen molar-refractivity contribution in [2.24, 2.45) is 10.9 Å². The molecule has 1 rings (SSSR count). The van der Waals surface area contributed by atoms with E-state index in [1.54, 1.807) is 0 Å². The number of carbonyl (C=O) groups is 1. The molecule has 0 aliphatic carbocycles. The van der Waals surface area contributed by atoms with Gasteiger partial charge in [-0.1, -0.05) is 35.5 Å². The zero-order chi connectivity index (χ0) is 12.7. The molecule has 6 heteroatoms. The molecule has 0 radical (unpaired) electrons. The lowest BCUT2D eigenvalue weighted by atomic mass is 10.1. The molecule has 17 heavy (non-hydrogen) atoms. The summed E-state index contributed by atoms with van der Waals surface area (Å²) in [4.78, 5) is 11.5. The molecule has 0 aliphatic heterocycles. The van der Waals surface area contributed by atoms with Crippen molar-refractivity contribution < 1.29 is 10.0 Å². The number of carbonyl (C=O) groups excluding carboxylic acids is 1. The molecule has 0 heterocycles. The average molecular weight is 253 g/mol. The fraction of sp³-hybridized carbons (Fsp3) is 0.273. The number of nitrogens with two attached hydrogens (primary N) is 1. The minimum atomic E-state index is -0.596. The van der Waals surface area contributed by atoms with Crippen LogP contribution in [0.2, 0.25) is 0 Å². The number of thioether (sulfide) groups is 1. The number of oxime groups is 1. The summed E-state index contributed by atoms with van der Waals surface area (Å²) in [5, 5.41) is 14.4. The number of hydrogen-bond acceptors (Lipinski definition) is 4. The molecule has 1 atom stereocenters. The Labute approximate surface area is 104 Å². The van der Waals surface area contributed by atoms with Gasteiger partial charge in [-0.3, -0.25) is 4.79 Å². The van der Waals surface area contributed by atoms with Gasteiger partial charge < -0.3 is 16.3 Å². The number of amides is 1. The van der Waals surface area contributed by atoms with Gasteiger partial charge in [0.05, 0.1) is 5.75 Å². The molecule has 5 nitrogen and oxygen atoms in total. The fourth-order valence-corrected chi connectivity index (χ4v) is 1.71. The molecular weight excluding hydrogens is 238 g/mol. The number of nitrogens with zero attached hydrogens (tertiary/aromatic N) is 1. The first-order valence-electron chi connectivity index (χ1n) is 4.99. The van der Waals surface area contributed by atoms with Crippen LogP contribution >= 0.6 is 11.8 Å². The van der Waals surface area contributed by atoms with Gasteiger partial charge in [-0.2, -0.15) is 11.8 Å². The molecule has 1 aromatic rings. The van der Waals surface area contributed by atoms with E-state index in [0.717, 1.165) is 5.56 Å². The highest BCUT2D eigenvalue weighted by Gasteiger charge is 2.18. The van der Waals surface area contributed by atoms with E-state index in [1.165, 1.54) is 11.8 Å². The molecule has 92 valence electrons. The van der Waals surface area contributed by atoms with Crippen molar-refractivity contribution in [1.29, 1.82) is 0 Å². The topological polar surface area (TPSA) is 87.7 Å². The standard InChI is InChI=1S/C11H15N3O2S/c1-17-7-9(15)13-10(11(12)14-16)8-5-3-2-4-6-8/h2-6,10,16H,7H2,1H3,(H2,12,14)(H,13,15). The SMILES string of the molecule is CSCC(=O)NC(/C(N)=N/O)c1ccccc1. The second-order valence-corrected chi connectivity index (χ2v) is 4.24. The van der Waals surface area contributed by atoms with Gasteiger partial charge >= 0.3 is 0 Å². The van der Waals surface area contributed by atoms with Crippen LogP contribution in [0.1, 0.15) is 11.6 Å². The lowest BCUT2D eigenvalue weighted by Gasteiger charge is -2.17. The number of rotatable bonds is 5. The predicted octanol–water partition coefficient (Wildman–Crippen LogP) is 0.953. The summed E-state index contributed by atoms with van der Waals surface area (Å²) in [6, 6.07) is 8.53. The lowest BCUT2D eigenvalue weighted by molar-refractivity contribution is -0.118. The maximum Gasteiger partial charge on any atom is 0.230 e. The van der Waals surface area contributed by atoms with E-state index < -0.39 is 6.04 Å². The highest BCUT2D eigenvalue weighted by atomic mass is 32.2. The van der Waals surface area contributed by atoms with Crippen LogP contribution in [0.3, 0.4) is 0 Å². The second kappa shape index (κ2) is 6.80. The van der Waals surface area contributed by atoms with Crippen LogP contribution in [-0.4, -0.2) is 29.0 Å². The van der Waals surface area contributed by atoms with Crippen molar-refractivity contribution in [1.82, 2.24) is 5.32 Å². The maximum atomic E-state index is 11.5. The Morgan fingerprint density at radius 2 is 2.18 bits per heavy atom. The van der Waals surface area contributed by atoms with Crippen molar-refractivity contribution >= 4 is 23.5 Å². The third-order valence-electron chi connectivity index (χ3n) is 2.12. The molecule has 0 aromatic heterocycles. The molecule has 0 bridgehead atoms. The zero-order valence-corrected chi connectivity index (χ0v) is 10.3. The van der Waals surface area contributed by atoms with E-state index >= 15 is 0 Å². The summed E-state index contributed by atoms with van der Waals surface area (Å²) in [7, 11) is 0. The molecule has 0 saturated heterocycles. The zero-order valence-electron chi connectivity index (χ0n) is 9.46. The van der Waals surface area contributed by atoms with Gasteiger partial charge in [-0.25, -0.2) is 0 Å². The van der Waals surface area contributed by atoms with Gasteiger partial charge in [-0.05, 0) is 11.8 Å². The Kier molecular flexibility index (Phi) is 5.35. The van der Waals surface area contributed by atoms with Gasteiger partial charge in [0.2, 0.25) is 5.91 Å². The van der Waals surface area contributed by atoms with Gasteiger partial charge in [0.15, 0.2) is 5.84 Å².